The van der Waals surface area contributed by atoms with Crippen molar-refractivity contribution in [1.29, 1.82) is 0 Å². The summed E-state index contributed by atoms with van der Waals surface area (Å²) in [5, 5.41) is 2.84. The lowest BCUT2D eigenvalue weighted by Crippen LogP contribution is -2.39. The summed E-state index contributed by atoms with van der Waals surface area (Å²) in [5.41, 5.74) is 0.779. The van der Waals surface area contributed by atoms with Gasteiger partial charge in [-0.1, -0.05) is 25.8 Å². The molecule has 1 N–H and O–H groups in total. The lowest BCUT2D eigenvalue weighted by molar-refractivity contribution is -0.135. The number of aromatic nitrogens is 1. The Hall–Kier alpha value is -1.91. The molecule has 0 bridgehead atoms. The highest BCUT2D eigenvalue weighted by molar-refractivity contribution is 5.83. The third kappa shape index (κ3) is 6.31. The Balaban J connectivity index is 2.43. The topological polar surface area (TPSA) is 62.3 Å². The maximum atomic E-state index is 11.8. The average Bonchev–Trinajstić information content (AvgIpc) is 2.44. The Labute approximate surface area is 120 Å². The van der Waals surface area contributed by atoms with Crippen LogP contribution in [0.1, 0.15) is 38.8 Å². The highest BCUT2D eigenvalue weighted by atomic mass is 16.2. The molecule has 0 aromatic carbocycles. The van der Waals surface area contributed by atoms with Gasteiger partial charge in [-0.3, -0.25) is 14.6 Å². The molecule has 0 aliphatic carbocycles. The average molecular weight is 277 g/mol. The number of hydrogen-bond acceptors (Lipinski definition) is 3. The van der Waals surface area contributed by atoms with Crippen LogP contribution in [0.3, 0.4) is 0 Å². The second-order valence-corrected chi connectivity index (χ2v) is 4.75. The minimum Gasteiger partial charge on any atom is -0.355 e. The minimum absolute atomic E-state index is 0.0814. The monoisotopic (exact) mass is 277 g/mol. The number of amides is 2. The molecule has 20 heavy (non-hydrogen) atoms. The van der Waals surface area contributed by atoms with Crippen LogP contribution >= 0.6 is 0 Å². The van der Waals surface area contributed by atoms with E-state index >= 15 is 0 Å². The number of carbonyl (C=O) groups excluding carboxylic acids is 2. The van der Waals surface area contributed by atoms with Gasteiger partial charge in [0.15, 0.2) is 0 Å². The number of pyridine rings is 1. The molecule has 5 nitrogen and oxygen atoms in total. The van der Waals surface area contributed by atoms with E-state index < -0.39 is 0 Å². The zero-order valence-electron chi connectivity index (χ0n) is 12.3. The van der Waals surface area contributed by atoms with Crippen LogP contribution in [-0.2, 0) is 16.1 Å². The van der Waals surface area contributed by atoms with Gasteiger partial charge in [0.05, 0.1) is 18.8 Å². The molecule has 1 aromatic heterocycles. The molecule has 1 heterocycles. The van der Waals surface area contributed by atoms with Gasteiger partial charge in [0, 0.05) is 19.7 Å². The van der Waals surface area contributed by atoms with Crippen molar-refractivity contribution >= 4 is 11.8 Å². The summed E-state index contributed by atoms with van der Waals surface area (Å²) >= 11 is 0. The Morgan fingerprint density at radius 2 is 2.10 bits per heavy atom. The molecule has 0 aliphatic rings. The van der Waals surface area contributed by atoms with Crippen molar-refractivity contribution < 1.29 is 9.59 Å². The van der Waals surface area contributed by atoms with Crippen LogP contribution in [0.25, 0.3) is 0 Å². The third-order valence-electron chi connectivity index (χ3n) is 2.96. The summed E-state index contributed by atoms with van der Waals surface area (Å²) in [6.07, 6.45) is 4.88. The first-order valence-electron chi connectivity index (χ1n) is 7.05. The van der Waals surface area contributed by atoms with Crippen molar-refractivity contribution in [2.45, 2.75) is 39.7 Å². The first-order valence-corrected chi connectivity index (χ1v) is 7.05. The second-order valence-electron chi connectivity index (χ2n) is 4.75. The van der Waals surface area contributed by atoms with E-state index in [9.17, 15) is 9.59 Å². The number of rotatable bonds is 8. The summed E-state index contributed by atoms with van der Waals surface area (Å²) in [7, 11) is 0. The smallest absolute Gasteiger partial charge is 0.239 e. The van der Waals surface area contributed by atoms with Crippen molar-refractivity contribution in [3.05, 3.63) is 30.1 Å². The van der Waals surface area contributed by atoms with Gasteiger partial charge in [-0.25, -0.2) is 0 Å². The van der Waals surface area contributed by atoms with E-state index in [0.29, 0.717) is 13.1 Å². The lowest BCUT2D eigenvalue weighted by Gasteiger charge is -2.20. The molecule has 1 aromatic rings. The molecule has 0 aliphatic heterocycles. The normalized spacial score (nSPS) is 10.1. The zero-order chi connectivity index (χ0) is 14.8. The molecule has 0 radical (unpaired) electrons. The highest BCUT2D eigenvalue weighted by Gasteiger charge is 2.14. The van der Waals surface area contributed by atoms with Crippen molar-refractivity contribution in [3.63, 3.8) is 0 Å². The fourth-order valence-electron chi connectivity index (χ4n) is 1.80. The van der Waals surface area contributed by atoms with Crippen LogP contribution in [0.2, 0.25) is 0 Å². The fourth-order valence-corrected chi connectivity index (χ4v) is 1.80. The van der Waals surface area contributed by atoms with Gasteiger partial charge >= 0.3 is 0 Å². The lowest BCUT2D eigenvalue weighted by atomic mass is 10.2. The SMILES string of the molecule is CCCCCNC(=O)CN(Cc1ccccn1)C(C)=O. The first-order chi connectivity index (χ1) is 9.63. The van der Waals surface area contributed by atoms with Gasteiger partial charge in [0.1, 0.15) is 0 Å². The molecule has 0 saturated carbocycles. The van der Waals surface area contributed by atoms with Crippen molar-refractivity contribution in [2.75, 3.05) is 13.1 Å². The fraction of sp³-hybridized carbons (Fsp3) is 0.533. The molecule has 0 unspecified atom stereocenters. The van der Waals surface area contributed by atoms with Crippen molar-refractivity contribution in [1.82, 2.24) is 15.2 Å². The van der Waals surface area contributed by atoms with Gasteiger partial charge in [-0.2, -0.15) is 0 Å². The quantitative estimate of drug-likeness (QED) is 0.736. The number of unbranched alkanes of at least 4 members (excludes halogenated alkanes) is 2. The number of nitrogens with one attached hydrogen (secondary N) is 1. The Morgan fingerprint density at radius 3 is 2.70 bits per heavy atom. The Bertz CT molecular complexity index is 420. The van der Waals surface area contributed by atoms with Crippen LogP contribution in [0.5, 0.6) is 0 Å². The first kappa shape index (κ1) is 16.1. The molecule has 0 fully saturated rings. The van der Waals surface area contributed by atoms with Gasteiger partial charge in [-0.15, -0.1) is 0 Å². The van der Waals surface area contributed by atoms with Gasteiger partial charge in [-0.05, 0) is 18.6 Å². The summed E-state index contributed by atoms with van der Waals surface area (Å²) in [5.74, 6) is -0.244. The molecular formula is C15H23N3O2. The molecule has 2 amide bonds. The second kappa shape index (κ2) is 9.07. The van der Waals surface area contributed by atoms with E-state index in [-0.39, 0.29) is 18.4 Å². The number of nitrogens with zero attached hydrogens (tertiary/aromatic N) is 2. The minimum atomic E-state index is -0.126. The van der Waals surface area contributed by atoms with Gasteiger partial charge in [0.25, 0.3) is 0 Å². The zero-order valence-corrected chi connectivity index (χ0v) is 12.3. The largest absolute Gasteiger partial charge is 0.355 e. The predicted molar refractivity (Wildman–Crippen MR) is 77.9 cm³/mol. The van der Waals surface area contributed by atoms with E-state index in [0.717, 1.165) is 25.0 Å². The highest BCUT2D eigenvalue weighted by Crippen LogP contribution is 2.01. The van der Waals surface area contributed by atoms with Gasteiger partial charge in [0.2, 0.25) is 11.8 Å². The van der Waals surface area contributed by atoms with Crippen molar-refractivity contribution in [3.8, 4) is 0 Å². The van der Waals surface area contributed by atoms with Crippen molar-refractivity contribution in [2.24, 2.45) is 0 Å². The summed E-state index contributed by atoms with van der Waals surface area (Å²) in [4.78, 5) is 29.0. The van der Waals surface area contributed by atoms with Crippen LogP contribution in [0.4, 0.5) is 0 Å². The van der Waals surface area contributed by atoms with Crippen LogP contribution in [0, 0.1) is 0 Å². The maximum absolute atomic E-state index is 11.8. The Morgan fingerprint density at radius 1 is 1.30 bits per heavy atom. The van der Waals surface area contributed by atoms with Crippen LogP contribution < -0.4 is 5.32 Å². The third-order valence-corrected chi connectivity index (χ3v) is 2.96. The molecular weight excluding hydrogens is 254 g/mol. The molecule has 110 valence electrons. The summed E-state index contributed by atoms with van der Waals surface area (Å²) < 4.78 is 0. The molecule has 0 spiro atoms. The molecule has 1 rings (SSSR count). The van der Waals surface area contributed by atoms with Crippen LogP contribution in [-0.4, -0.2) is 34.8 Å². The molecule has 0 saturated heterocycles. The maximum Gasteiger partial charge on any atom is 0.239 e. The van der Waals surface area contributed by atoms with E-state index in [1.807, 2.05) is 18.2 Å². The van der Waals surface area contributed by atoms with E-state index in [4.69, 9.17) is 0 Å². The predicted octanol–water partition coefficient (Wildman–Crippen LogP) is 1.74. The standard InChI is InChI=1S/C15H23N3O2/c1-3-4-6-10-17-15(20)12-18(13(2)19)11-14-8-5-7-9-16-14/h5,7-9H,3-4,6,10-12H2,1-2H3,(H,17,20). The number of carbonyl (C=O) groups is 2. The van der Waals surface area contributed by atoms with Gasteiger partial charge < -0.3 is 10.2 Å². The summed E-state index contributed by atoms with van der Waals surface area (Å²) in [6, 6.07) is 5.53. The van der Waals surface area contributed by atoms with E-state index in [1.165, 1.54) is 11.8 Å². The molecule has 0 atom stereocenters. The van der Waals surface area contributed by atoms with Crippen LogP contribution in [0.15, 0.2) is 24.4 Å². The van der Waals surface area contributed by atoms with E-state index in [2.05, 4.69) is 17.2 Å². The Kier molecular flexibility index (Phi) is 7.32. The van der Waals surface area contributed by atoms with E-state index in [1.54, 1.807) is 6.20 Å². The molecule has 5 heteroatoms. The number of hydrogen-bond donors (Lipinski definition) is 1. The summed E-state index contributed by atoms with van der Waals surface area (Å²) in [6.45, 7) is 4.69.